The van der Waals surface area contributed by atoms with Crippen LogP contribution in [0.4, 0.5) is 26.0 Å². The molecule has 0 unspecified atom stereocenters. The molecule has 6 rings (SSSR count). The van der Waals surface area contributed by atoms with E-state index in [9.17, 15) is 9.18 Å². The lowest BCUT2D eigenvalue weighted by Gasteiger charge is -2.28. The van der Waals surface area contributed by atoms with Crippen LogP contribution in [-0.4, -0.2) is 47.2 Å². The summed E-state index contributed by atoms with van der Waals surface area (Å²) in [5.41, 5.74) is 10.8. The van der Waals surface area contributed by atoms with Gasteiger partial charge in [0.2, 0.25) is 5.91 Å². The molecule has 0 radical (unpaired) electrons. The fraction of sp³-hybridized carbons (Fsp3) is 0.188. The van der Waals surface area contributed by atoms with E-state index in [0.717, 1.165) is 28.6 Å². The van der Waals surface area contributed by atoms with Crippen molar-refractivity contribution in [3.63, 3.8) is 0 Å². The highest BCUT2D eigenvalue weighted by Gasteiger charge is 2.21. The standard InChI is InChI=1S/C32H28F2N6O2/c1-19-31(25-4-2-3-9-36-25)39-27-16-22(33)15-24(34)30(27)32(19)38-26-17-29(40-10-12-42-13-11-40)37-18-23(26)21-7-5-20(6-8-21)14-28(35)41/h2-9,15-18H,10-14H2,1H3,(H2,35,41)(H,37,38,39). The number of nitrogens with zero attached hydrogens (tertiary/aromatic N) is 4. The highest BCUT2D eigenvalue weighted by molar-refractivity contribution is 5.99. The van der Waals surface area contributed by atoms with Crippen LogP contribution < -0.4 is 16.0 Å². The van der Waals surface area contributed by atoms with Gasteiger partial charge in [0.25, 0.3) is 0 Å². The van der Waals surface area contributed by atoms with Crippen molar-refractivity contribution in [3.05, 3.63) is 95.8 Å². The Kier molecular flexibility index (Phi) is 7.45. The number of morpholine rings is 1. The maximum atomic E-state index is 15.5. The number of nitrogens with one attached hydrogen (secondary N) is 1. The molecular weight excluding hydrogens is 538 g/mol. The van der Waals surface area contributed by atoms with Gasteiger partial charge in [0.15, 0.2) is 0 Å². The number of benzene rings is 2. The van der Waals surface area contributed by atoms with Crippen LogP contribution in [0.15, 0.2) is 73.1 Å². The Balaban J connectivity index is 1.53. The Labute approximate surface area is 241 Å². The smallest absolute Gasteiger partial charge is 0.221 e. The van der Waals surface area contributed by atoms with E-state index < -0.39 is 17.5 Å². The number of hydrogen-bond acceptors (Lipinski definition) is 7. The lowest BCUT2D eigenvalue weighted by atomic mass is 10.0. The van der Waals surface area contributed by atoms with Crippen molar-refractivity contribution in [1.29, 1.82) is 0 Å². The van der Waals surface area contributed by atoms with E-state index in [0.29, 0.717) is 54.6 Å². The summed E-state index contributed by atoms with van der Waals surface area (Å²) in [6, 6.07) is 16.9. The molecule has 42 heavy (non-hydrogen) atoms. The quantitative estimate of drug-likeness (QED) is 0.266. The number of amides is 1. The molecule has 1 aliphatic rings. The normalized spacial score (nSPS) is 13.4. The first kappa shape index (κ1) is 27.2. The summed E-state index contributed by atoms with van der Waals surface area (Å²) in [5.74, 6) is -1.12. The summed E-state index contributed by atoms with van der Waals surface area (Å²) in [4.78, 5) is 27.3. The van der Waals surface area contributed by atoms with Crippen molar-refractivity contribution in [2.75, 3.05) is 36.5 Å². The summed E-state index contributed by atoms with van der Waals surface area (Å²) in [7, 11) is 0. The largest absolute Gasteiger partial charge is 0.378 e. The number of ether oxygens (including phenoxy) is 1. The first-order valence-corrected chi connectivity index (χ1v) is 13.6. The molecule has 0 atom stereocenters. The summed E-state index contributed by atoms with van der Waals surface area (Å²) in [6.07, 6.45) is 3.55. The number of hydrogen-bond donors (Lipinski definition) is 2. The van der Waals surface area contributed by atoms with Gasteiger partial charge in [0, 0.05) is 54.8 Å². The molecule has 2 aromatic carbocycles. The van der Waals surface area contributed by atoms with E-state index in [1.54, 1.807) is 18.5 Å². The number of primary amides is 1. The number of aromatic nitrogens is 3. The van der Waals surface area contributed by atoms with Gasteiger partial charge in [-0.1, -0.05) is 30.3 Å². The molecule has 0 spiro atoms. The number of carbonyl (C=O) groups excluding carboxylic acids is 1. The first-order valence-electron chi connectivity index (χ1n) is 13.6. The molecule has 1 fully saturated rings. The van der Waals surface area contributed by atoms with Gasteiger partial charge >= 0.3 is 0 Å². The molecule has 0 bridgehead atoms. The Hall–Kier alpha value is -4.96. The van der Waals surface area contributed by atoms with Gasteiger partial charge in [-0.3, -0.25) is 9.78 Å². The SMILES string of the molecule is Cc1c(-c2ccccn2)nc2cc(F)cc(F)c2c1Nc1cc(N2CCOCC2)ncc1-c1ccc(CC(N)=O)cc1. The molecule has 212 valence electrons. The van der Waals surface area contributed by atoms with E-state index in [-0.39, 0.29) is 17.3 Å². The van der Waals surface area contributed by atoms with Crippen molar-refractivity contribution in [3.8, 4) is 22.5 Å². The number of anilines is 3. The summed E-state index contributed by atoms with van der Waals surface area (Å²) < 4.78 is 35.4. The number of halogens is 2. The van der Waals surface area contributed by atoms with Crippen molar-refractivity contribution in [2.24, 2.45) is 5.73 Å². The lowest BCUT2D eigenvalue weighted by molar-refractivity contribution is -0.117. The van der Waals surface area contributed by atoms with Crippen LogP contribution >= 0.6 is 0 Å². The molecule has 4 heterocycles. The van der Waals surface area contributed by atoms with Crippen molar-refractivity contribution < 1.29 is 18.3 Å². The average molecular weight is 567 g/mol. The van der Waals surface area contributed by atoms with Crippen LogP contribution in [0.1, 0.15) is 11.1 Å². The van der Waals surface area contributed by atoms with Gasteiger partial charge in [-0.2, -0.15) is 0 Å². The number of pyridine rings is 3. The Morgan fingerprint density at radius 1 is 1.05 bits per heavy atom. The van der Waals surface area contributed by atoms with Crippen molar-refractivity contribution >= 4 is 34.0 Å². The lowest BCUT2D eigenvalue weighted by Crippen LogP contribution is -2.36. The van der Waals surface area contributed by atoms with Crippen LogP contribution in [0.2, 0.25) is 0 Å². The van der Waals surface area contributed by atoms with Crippen LogP contribution in [0.5, 0.6) is 0 Å². The molecule has 1 aliphatic heterocycles. The zero-order chi connectivity index (χ0) is 29.2. The van der Waals surface area contributed by atoms with E-state index in [1.165, 1.54) is 6.07 Å². The molecule has 1 saturated heterocycles. The van der Waals surface area contributed by atoms with Gasteiger partial charge < -0.3 is 20.7 Å². The molecule has 3 N–H and O–H groups in total. The van der Waals surface area contributed by atoms with Crippen LogP contribution in [-0.2, 0) is 16.0 Å². The molecule has 0 aliphatic carbocycles. The maximum absolute atomic E-state index is 15.5. The topological polar surface area (TPSA) is 106 Å². The molecule has 5 aromatic rings. The van der Waals surface area contributed by atoms with E-state index in [4.69, 9.17) is 15.5 Å². The zero-order valence-electron chi connectivity index (χ0n) is 22.9. The minimum atomic E-state index is -0.726. The third-order valence-electron chi connectivity index (χ3n) is 7.28. The van der Waals surface area contributed by atoms with E-state index in [1.807, 2.05) is 49.4 Å². The third-order valence-corrected chi connectivity index (χ3v) is 7.28. The summed E-state index contributed by atoms with van der Waals surface area (Å²) in [5, 5.41) is 3.64. The monoisotopic (exact) mass is 566 g/mol. The number of nitrogens with two attached hydrogens (primary N) is 1. The third kappa shape index (κ3) is 5.48. The summed E-state index contributed by atoms with van der Waals surface area (Å²) in [6.45, 7) is 4.38. The predicted molar refractivity (Wildman–Crippen MR) is 159 cm³/mol. The molecule has 0 saturated carbocycles. The number of rotatable bonds is 7. The molecule has 1 amide bonds. The second kappa shape index (κ2) is 11.5. The fourth-order valence-electron chi connectivity index (χ4n) is 5.20. The van der Waals surface area contributed by atoms with Gasteiger partial charge in [-0.25, -0.2) is 18.7 Å². The van der Waals surface area contributed by atoms with Gasteiger partial charge in [0.05, 0.1) is 53.3 Å². The highest BCUT2D eigenvalue weighted by Crippen LogP contribution is 2.39. The van der Waals surface area contributed by atoms with Gasteiger partial charge in [0.1, 0.15) is 17.5 Å². The van der Waals surface area contributed by atoms with Crippen LogP contribution in [0, 0.1) is 18.6 Å². The average Bonchev–Trinajstić information content (AvgIpc) is 2.99. The highest BCUT2D eigenvalue weighted by atomic mass is 19.1. The first-order chi connectivity index (χ1) is 20.4. The van der Waals surface area contributed by atoms with Crippen LogP contribution in [0.3, 0.4) is 0 Å². The van der Waals surface area contributed by atoms with Crippen molar-refractivity contribution in [1.82, 2.24) is 15.0 Å². The van der Waals surface area contributed by atoms with Crippen LogP contribution in [0.25, 0.3) is 33.4 Å². The Bertz CT molecular complexity index is 1770. The number of carbonyl (C=O) groups is 1. The molecule has 8 nitrogen and oxygen atoms in total. The maximum Gasteiger partial charge on any atom is 0.221 e. The van der Waals surface area contributed by atoms with Gasteiger partial charge in [-0.05, 0) is 30.2 Å². The molecular formula is C32H28F2N6O2. The Morgan fingerprint density at radius 3 is 2.55 bits per heavy atom. The minimum Gasteiger partial charge on any atom is -0.378 e. The predicted octanol–water partition coefficient (Wildman–Crippen LogP) is 5.55. The molecule has 3 aromatic heterocycles. The fourth-order valence-corrected chi connectivity index (χ4v) is 5.20. The Morgan fingerprint density at radius 2 is 1.83 bits per heavy atom. The molecule has 10 heteroatoms. The second-order valence-electron chi connectivity index (χ2n) is 10.1. The van der Waals surface area contributed by atoms with E-state index >= 15 is 4.39 Å². The van der Waals surface area contributed by atoms with Gasteiger partial charge in [-0.15, -0.1) is 0 Å². The number of fused-ring (bicyclic) bond motifs is 1. The minimum absolute atomic E-state index is 0.133. The zero-order valence-corrected chi connectivity index (χ0v) is 22.9. The summed E-state index contributed by atoms with van der Waals surface area (Å²) >= 11 is 0. The van der Waals surface area contributed by atoms with E-state index in [2.05, 4.69) is 20.2 Å². The van der Waals surface area contributed by atoms with Crippen molar-refractivity contribution in [2.45, 2.75) is 13.3 Å². The second-order valence-corrected chi connectivity index (χ2v) is 10.1.